The molecule has 4 aliphatic carbocycles. The van der Waals surface area contributed by atoms with Gasteiger partial charge in [-0.25, -0.2) is 14.4 Å². The number of benzene rings is 3. The van der Waals surface area contributed by atoms with Crippen molar-refractivity contribution in [1.82, 2.24) is 0 Å². The molecule has 18 heteroatoms. The second-order valence-electron chi connectivity index (χ2n) is 25.3. The lowest BCUT2D eigenvalue weighted by Crippen LogP contribution is -2.67. The first-order chi connectivity index (χ1) is 40.2. The summed E-state index contributed by atoms with van der Waals surface area (Å²) >= 11 is 0. The van der Waals surface area contributed by atoms with Crippen LogP contribution in [0.1, 0.15) is 144 Å². The van der Waals surface area contributed by atoms with Crippen LogP contribution in [0.3, 0.4) is 0 Å². The maximum absolute atomic E-state index is 14.4. The van der Waals surface area contributed by atoms with Crippen LogP contribution < -0.4 is 0 Å². The molecule has 21 atom stereocenters. The summed E-state index contributed by atoms with van der Waals surface area (Å²) in [6, 6.07) is 24.4. The molecule has 4 aliphatic heterocycles. The number of hydrogen-bond acceptors (Lipinski definition) is 18. The van der Waals surface area contributed by atoms with Crippen LogP contribution in [0.5, 0.6) is 0 Å². The summed E-state index contributed by atoms with van der Waals surface area (Å²) in [6.45, 7) is 15.0. The van der Waals surface area contributed by atoms with Gasteiger partial charge in [-0.05, 0) is 135 Å². The van der Waals surface area contributed by atoms with Crippen LogP contribution in [0.2, 0.25) is 0 Å². The van der Waals surface area contributed by atoms with Crippen LogP contribution in [0.15, 0.2) is 103 Å². The summed E-state index contributed by atoms with van der Waals surface area (Å²) in [4.78, 5) is 81.5. The van der Waals surface area contributed by atoms with Crippen molar-refractivity contribution in [3.05, 3.63) is 119 Å². The van der Waals surface area contributed by atoms with Gasteiger partial charge in [0.15, 0.2) is 55.0 Å². The van der Waals surface area contributed by atoms with E-state index < -0.39 is 116 Å². The van der Waals surface area contributed by atoms with Crippen molar-refractivity contribution in [3.8, 4) is 0 Å². The Morgan fingerprint density at radius 2 is 1.15 bits per heavy atom. The minimum absolute atomic E-state index is 0.116. The SMILES string of the molecule is CC(=O)OC[C@H]1O[C@@H](O[C@H]2CC[C@@]3(C)C(=CC[C@H]4[C@@H]5C[C@@H]6O[C@]7(CC[C@@H](C)CO7)[C@@H](C)[C@@H]6[C@@]5(C)CC[C@@H]43)C2)[C@H](O[C@@H]2O[C@@H](C)[C@H](OC(=O)c3ccccc3)[C@@H](OC(=O)c3ccccc3)[C@H]2OC(=O)c2ccccc2)[C@@H](OC(C)=O)[C@@H]1OC(C)=O. The number of allylic oxidation sites excluding steroid dienone is 1. The third-order valence-electron chi connectivity index (χ3n) is 20.1. The molecule has 0 bridgehead atoms. The summed E-state index contributed by atoms with van der Waals surface area (Å²) in [5.74, 6) is -2.49. The summed E-state index contributed by atoms with van der Waals surface area (Å²) in [7, 11) is 0. The van der Waals surface area contributed by atoms with Crippen LogP contribution in [0.4, 0.5) is 0 Å². The molecule has 8 aliphatic rings. The average molecular weight is 1160 g/mol. The molecule has 0 aromatic heterocycles. The number of fused-ring (bicyclic) bond motifs is 7. The fraction of sp³-hybridized carbons (Fsp3) is 0.606. The Labute approximate surface area is 491 Å². The Bertz CT molecular complexity index is 2910. The van der Waals surface area contributed by atoms with Crippen molar-refractivity contribution in [2.24, 2.45) is 46.3 Å². The average Bonchev–Trinajstić information content (AvgIpc) is 1.62. The standard InChI is InChI=1S/C66H80O18/c1-36-26-31-66(74-34-36)37(2)52-50(84-66)33-49-47-25-24-45-32-46(27-29-64(45,7)48(47)28-30-65(49,52)8)78-63-58(56(77-41(6)69)54(76-40(5)68)51(79-63)35-73-39(4)67)83-62-57(82-61(72)44-22-16-11-17-23-44)55(81-60(71)43-20-14-10-15-21-43)53(38(3)75-62)80-59(70)42-18-12-9-13-19-42/h9-24,36-38,46-58,62-63H,25-35H2,1-8H3/t36-,37+,38+,46+,47-,48+,49+,50+,51-,52+,53+,54-,55-,56+,57-,58-,62+,63-,64+,65+,66-/m1/s1. The molecular weight excluding hydrogens is 1080 g/mol. The van der Waals surface area contributed by atoms with Crippen LogP contribution in [-0.2, 0) is 71.2 Å². The van der Waals surface area contributed by atoms with Crippen molar-refractivity contribution in [3.63, 3.8) is 0 Å². The highest BCUT2D eigenvalue weighted by Crippen LogP contribution is 2.71. The zero-order valence-corrected chi connectivity index (χ0v) is 49.3. The maximum Gasteiger partial charge on any atom is 0.338 e. The fourth-order valence-electron chi connectivity index (χ4n) is 16.0. The van der Waals surface area contributed by atoms with E-state index in [0.717, 1.165) is 51.6 Å². The smallest absolute Gasteiger partial charge is 0.338 e. The molecule has 3 saturated carbocycles. The molecule has 0 radical (unpaired) electrons. The van der Waals surface area contributed by atoms with Gasteiger partial charge in [0.25, 0.3) is 0 Å². The Morgan fingerprint density at radius 1 is 0.583 bits per heavy atom. The lowest BCUT2D eigenvalue weighted by molar-refractivity contribution is -0.369. The van der Waals surface area contributed by atoms with Crippen molar-refractivity contribution >= 4 is 35.8 Å². The molecule has 3 aromatic rings. The number of ether oxygens (including phenoxy) is 12. The Hall–Kier alpha value is -6.02. The van der Waals surface area contributed by atoms with Gasteiger partial charge in [-0.1, -0.05) is 93.9 Å². The lowest BCUT2D eigenvalue weighted by Gasteiger charge is -2.58. The fourth-order valence-corrected chi connectivity index (χ4v) is 16.0. The molecule has 0 amide bonds. The molecule has 0 N–H and O–H groups in total. The monoisotopic (exact) mass is 1160 g/mol. The number of rotatable bonds is 14. The van der Waals surface area contributed by atoms with E-state index in [9.17, 15) is 28.8 Å². The van der Waals surface area contributed by atoms with Crippen molar-refractivity contribution in [2.45, 2.75) is 193 Å². The summed E-state index contributed by atoms with van der Waals surface area (Å²) < 4.78 is 77.4. The van der Waals surface area contributed by atoms with Crippen LogP contribution >= 0.6 is 0 Å². The Kier molecular flexibility index (Phi) is 17.3. The van der Waals surface area contributed by atoms with E-state index in [4.69, 9.17) is 56.8 Å². The van der Waals surface area contributed by atoms with Crippen molar-refractivity contribution in [2.75, 3.05) is 13.2 Å². The molecule has 3 aromatic carbocycles. The van der Waals surface area contributed by atoms with Gasteiger partial charge in [-0.3, -0.25) is 14.4 Å². The molecule has 84 heavy (non-hydrogen) atoms. The molecular formula is C66H80O18. The first-order valence-electron chi connectivity index (χ1n) is 30.1. The van der Waals surface area contributed by atoms with Crippen LogP contribution in [0, 0.1) is 46.3 Å². The molecule has 1 spiro atoms. The van der Waals surface area contributed by atoms with E-state index in [2.05, 4.69) is 33.8 Å². The van der Waals surface area contributed by atoms with Crippen LogP contribution in [0.25, 0.3) is 0 Å². The largest absolute Gasteiger partial charge is 0.463 e. The van der Waals surface area contributed by atoms with Crippen molar-refractivity contribution in [1.29, 1.82) is 0 Å². The minimum atomic E-state index is -1.73. The molecule has 7 fully saturated rings. The van der Waals surface area contributed by atoms with Gasteiger partial charge in [-0.15, -0.1) is 0 Å². The highest BCUT2D eigenvalue weighted by Gasteiger charge is 2.69. The quantitative estimate of drug-likeness (QED) is 0.0834. The molecule has 11 rings (SSSR count). The number of carbonyl (C=O) groups excluding carboxylic acids is 6. The first kappa shape index (κ1) is 59.7. The lowest BCUT2D eigenvalue weighted by atomic mass is 9.47. The maximum atomic E-state index is 14.4. The van der Waals surface area contributed by atoms with Crippen LogP contribution in [-0.4, -0.2) is 128 Å². The first-order valence-corrected chi connectivity index (χ1v) is 30.1. The van der Waals surface area contributed by atoms with Gasteiger partial charge in [0.1, 0.15) is 12.7 Å². The topological polar surface area (TPSA) is 213 Å². The minimum Gasteiger partial charge on any atom is -0.463 e. The molecule has 4 saturated heterocycles. The van der Waals surface area contributed by atoms with E-state index in [-0.39, 0.29) is 33.6 Å². The number of carbonyl (C=O) groups is 6. The van der Waals surface area contributed by atoms with E-state index in [1.54, 1.807) is 85.8 Å². The summed E-state index contributed by atoms with van der Waals surface area (Å²) in [6.07, 6.45) is -4.61. The Morgan fingerprint density at radius 3 is 1.74 bits per heavy atom. The van der Waals surface area contributed by atoms with E-state index >= 15 is 0 Å². The zero-order chi connectivity index (χ0) is 59.2. The predicted octanol–water partition coefficient (Wildman–Crippen LogP) is 9.70. The van der Waals surface area contributed by atoms with Crippen molar-refractivity contribution < 1.29 is 85.6 Å². The number of hydrogen-bond donors (Lipinski definition) is 0. The normalized spacial score (nSPS) is 39.4. The molecule has 18 nitrogen and oxygen atoms in total. The molecule has 452 valence electrons. The highest BCUT2D eigenvalue weighted by atomic mass is 16.8. The van der Waals surface area contributed by atoms with Gasteiger partial charge in [0.2, 0.25) is 0 Å². The van der Waals surface area contributed by atoms with E-state index in [1.807, 2.05) is 0 Å². The van der Waals surface area contributed by atoms with Gasteiger partial charge >= 0.3 is 35.8 Å². The van der Waals surface area contributed by atoms with Gasteiger partial charge in [0, 0.05) is 33.1 Å². The van der Waals surface area contributed by atoms with Gasteiger partial charge in [0.05, 0.1) is 41.6 Å². The molecule has 4 heterocycles. The third-order valence-corrected chi connectivity index (χ3v) is 20.1. The van der Waals surface area contributed by atoms with E-state index in [0.29, 0.717) is 48.3 Å². The second kappa shape index (κ2) is 24.4. The highest BCUT2D eigenvalue weighted by molar-refractivity contribution is 5.91. The molecule has 0 unspecified atom stereocenters. The predicted molar refractivity (Wildman–Crippen MR) is 299 cm³/mol. The van der Waals surface area contributed by atoms with Gasteiger partial charge < -0.3 is 56.8 Å². The Balaban J connectivity index is 0.915. The second-order valence-corrected chi connectivity index (χ2v) is 25.3. The third kappa shape index (κ3) is 11.7. The van der Waals surface area contributed by atoms with E-state index in [1.165, 1.54) is 38.5 Å². The zero-order valence-electron chi connectivity index (χ0n) is 49.3. The number of esters is 6. The summed E-state index contributed by atoms with van der Waals surface area (Å²) in [5.41, 5.74) is 1.76. The summed E-state index contributed by atoms with van der Waals surface area (Å²) in [5, 5.41) is 0. The van der Waals surface area contributed by atoms with Gasteiger partial charge in [-0.2, -0.15) is 0 Å².